The first-order valence-electron chi connectivity index (χ1n) is 9.44. The molecule has 3 atom stereocenters. The molecule has 6 nitrogen and oxygen atoms in total. The molecule has 0 saturated carbocycles. The van der Waals surface area contributed by atoms with Crippen molar-refractivity contribution in [3.8, 4) is 11.5 Å². The number of nitrogens with zero attached hydrogens (tertiary/aromatic N) is 2. The maximum absolute atomic E-state index is 5.96. The number of likely N-dealkylation sites (tertiary alicyclic amines) is 1. The number of ether oxygens (including phenoxy) is 2. The van der Waals surface area contributed by atoms with Crippen LogP contribution in [0.1, 0.15) is 27.7 Å². The van der Waals surface area contributed by atoms with Crippen LogP contribution in [0.4, 0.5) is 0 Å². The average molecular weight is 363 g/mol. The molecule has 0 aromatic heterocycles. The lowest BCUT2D eigenvalue weighted by Crippen LogP contribution is -2.48. The van der Waals surface area contributed by atoms with Crippen molar-refractivity contribution in [2.75, 3.05) is 33.8 Å². The standard InChI is InChI=1S/C20H34N4O2/c1-14(2)24-12-15(3)19(13-24)23-20(21-5)22-11-16(4)26-18-9-7-8-17(10-18)25-6/h7-10,14-16,19H,11-13H2,1-6H3,(H2,21,22,23). The Morgan fingerprint density at radius 1 is 1.27 bits per heavy atom. The minimum Gasteiger partial charge on any atom is -0.497 e. The van der Waals surface area contributed by atoms with E-state index < -0.39 is 0 Å². The topological polar surface area (TPSA) is 58.1 Å². The molecule has 1 aromatic carbocycles. The highest BCUT2D eigenvalue weighted by Crippen LogP contribution is 2.20. The van der Waals surface area contributed by atoms with Crippen LogP contribution in [0.3, 0.4) is 0 Å². The van der Waals surface area contributed by atoms with Crippen LogP contribution in [0, 0.1) is 5.92 Å². The number of hydrogen-bond donors (Lipinski definition) is 2. The molecule has 1 fully saturated rings. The Morgan fingerprint density at radius 2 is 2.00 bits per heavy atom. The zero-order valence-electron chi connectivity index (χ0n) is 17.0. The zero-order valence-corrected chi connectivity index (χ0v) is 17.0. The molecule has 0 bridgehead atoms. The van der Waals surface area contributed by atoms with Crippen LogP contribution in [0.15, 0.2) is 29.3 Å². The minimum absolute atomic E-state index is 0.00817. The fourth-order valence-electron chi connectivity index (χ4n) is 3.17. The Balaban J connectivity index is 1.81. The summed E-state index contributed by atoms with van der Waals surface area (Å²) >= 11 is 0. The van der Waals surface area contributed by atoms with E-state index in [4.69, 9.17) is 9.47 Å². The highest BCUT2D eigenvalue weighted by Gasteiger charge is 2.31. The molecule has 3 unspecified atom stereocenters. The fraction of sp³-hybridized carbons (Fsp3) is 0.650. The second-order valence-electron chi connectivity index (χ2n) is 7.34. The van der Waals surface area contributed by atoms with Crippen LogP contribution < -0.4 is 20.1 Å². The SMILES string of the molecule is CN=C(NCC(C)Oc1cccc(OC)c1)NC1CN(C(C)C)CC1C. The Bertz CT molecular complexity index is 591. The molecular formula is C20H34N4O2. The third-order valence-corrected chi connectivity index (χ3v) is 4.85. The van der Waals surface area contributed by atoms with E-state index in [1.54, 1.807) is 7.11 Å². The van der Waals surface area contributed by atoms with Crippen molar-refractivity contribution in [2.45, 2.75) is 45.9 Å². The Kier molecular flexibility index (Phi) is 7.57. The lowest BCUT2D eigenvalue weighted by atomic mass is 10.1. The summed E-state index contributed by atoms with van der Waals surface area (Å²) in [6.45, 7) is 11.7. The molecule has 1 saturated heterocycles. The summed E-state index contributed by atoms with van der Waals surface area (Å²) in [6, 6.07) is 8.66. The number of hydrogen-bond acceptors (Lipinski definition) is 4. The second-order valence-corrected chi connectivity index (χ2v) is 7.34. The zero-order chi connectivity index (χ0) is 19.1. The van der Waals surface area contributed by atoms with Crippen LogP contribution in [0.25, 0.3) is 0 Å². The Labute approximate surface area is 158 Å². The Morgan fingerprint density at radius 3 is 2.62 bits per heavy atom. The number of rotatable bonds is 7. The number of benzene rings is 1. The average Bonchev–Trinajstić information content (AvgIpc) is 2.99. The van der Waals surface area contributed by atoms with Crippen molar-refractivity contribution in [3.63, 3.8) is 0 Å². The Hall–Kier alpha value is -1.95. The van der Waals surface area contributed by atoms with Crippen molar-refractivity contribution in [2.24, 2.45) is 10.9 Å². The third kappa shape index (κ3) is 5.80. The van der Waals surface area contributed by atoms with E-state index in [9.17, 15) is 0 Å². The molecule has 1 aliphatic heterocycles. The molecular weight excluding hydrogens is 328 g/mol. The van der Waals surface area contributed by atoms with E-state index in [1.807, 2.05) is 38.2 Å². The lowest BCUT2D eigenvalue weighted by Gasteiger charge is -2.23. The number of methoxy groups -OCH3 is 1. The highest BCUT2D eigenvalue weighted by atomic mass is 16.5. The smallest absolute Gasteiger partial charge is 0.191 e. The van der Waals surface area contributed by atoms with Gasteiger partial charge < -0.3 is 20.1 Å². The first-order chi connectivity index (χ1) is 12.4. The van der Waals surface area contributed by atoms with Gasteiger partial charge in [0.15, 0.2) is 5.96 Å². The molecule has 1 heterocycles. The van der Waals surface area contributed by atoms with Gasteiger partial charge in [-0.25, -0.2) is 0 Å². The summed E-state index contributed by atoms with van der Waals surface area (Å²) in [6.07, 6.45) is 0.00817. The number of nitrogens with one attached hydrogen (secondary N) is 2. The molecule has 146 valence electrons. The third-order valence-electron chi connectivity index (χ3n) is 4.85. The van der Waals surface area contributed by atoms with Gasteiger partial charge in [0, 0.05) is 38.3 Å². The van der Waals surface area contributed by atoms with Gasteiger partial charge in [0.1, 0.15) is 17.6 Å². The minimum atomic E-state index is 0.00817. The maximum Gasteiger partial charge on any atom is 0.191 e. The first kappa shape index (κ1) is 20.4. The molecule has 0 aliphatic carbocycles. The summed E-state index contributed by atoms with van der Waals surface area (Å²) in [5.41, 5.74) is 0. The van der Waals surface area contributed by atoms with Crippen LogP contribution in [-0.4, -0.2) is 62.8 Å². The molecule has 6 heteroatoms. The van der Waals surface area contributed by atoms with Gasteiger partial charge in [-0.3, -0.25) is 9.89 Å². The van der Waals surface area contributed by atoms with Gasteiger partial charge in [-0.2, -0.15) is 0 Å². The predicted octanol–water partition coefficient (Wildman–Crippen LogP) is 2.36. The van der Waals surface area contributed by atoms with Crippen LogP contribution >= 0.6 is 0 Å². The van der Waals surface area contributed by atoms with Crippen molar-refractivity contribution in [3.05, 3.63) is 24.3 Å². The molecule has 1 aliphatic rings. The molecule has 1 aromatic rings. The largest absolute Gasteiger partial charge is 0.497 e. The summed E-state index contributed by atoms with van der Waals surface area (Å²) in [5, 5.41) is 6.93. The van der Waals surface area contributed by atoms with Crippen LogP contribution in [0.5, 0.6) is 11.5 Å². The first-order valence-corrected chi connectivity index (χ1v) is 9.44. The van der Waals surface area contributed by atoms with Gasteiger partial charge in [-0.05, 0) is 38.8 Å². The quantitative estimate of drug-likeness (QED) is 0.576. The molecule has 2 rings (SSSR count). The molecule has 2 N–H and O–H groups in total. The van der Waals surface area contributed by atoms with E-state index in [1.165, 1.54) is 0 Å². The predicted molar refractivity (Wildman–Crippen MR) is 107 cm³/mol. The fourth-order valence-corrected chi connectivity index (χ4v) is 3.17. The van der Waals surface area contributed by atoms with E-state index in [0.29, 0.717) is 24.5 Å². The lowest BCUT2D eigenvalue weighted by molar-refractivity contribution is 0.222. The van der Waals surface area contributed by atoms with Crippen molar-refractivity contribution in [1.29, 1.82) is 0 Å². The summed E-state index contributed by atoms with van der Waals surface area (Å²) in [4.78, 5) is 6.87. The van der Waals surface area contributed by atoms with Crippen LogP contribution in [-0.2, 0) is 0 Å². The number of guanidine groups is 1. The van der Waals surface area contributed by atoms with Crippen LogP contribution in [0.2, 0.25) is 0 Å². The number of aliphatic imine (C=N–C) groups is 1. The molecule has 0 radical (unpaired) electrons. The van der Waals surface area contributed by atoms with Gasteiger partial charge in [0.2, 0.25) is 0 Å². The van der Waals surface area contributed by atoms with E-state index in [-0.39, 0.29) is 6.10 Å². The van der Waals surface area contributed by atoms with Gasteiger partial charge in [-0.1, -0.05) is 13.0 Å². The van der Waals surface area contributed by atoms with Crippen molar-refractivity contribution >= 4 is 5.96 Å². The molecule has 26 heavy (non-hydrogen) atoms. The summed E-state index contributed by atoms with van der Waals surface area (Å²) < 4.78 is 11.2. The van der Waals surface area contributed by atoms with Gasteiger partial charge >= 0.3 is 0 Å². The second kappa shape index (κ2) is 9.67. The maximum atomic E-state index is 5.96. The summed E-state index contributed by atoms with van der Waals surface area (Å²) in [5.74, 6) is 3.03. The normalized spacial score (nSPS) is 22.3. The molecule has 0 spiro atoms. The molecule has 0 amide bonds. The van der Waals surface area contributed by atoms with Gasteiger partial charge in [0.25, 0.3) is 0 Å². The van der Waals surface area contributed by atoms with E-state index in [2.05, 4.69) is 41.3 Å². The van der Waals surface area contributed by atoms with E-state index >= 15 is 0 Å². The monoisotopic (exact) mass is 362 g/mol. The van der Waals surface area contributed by atoms with Crippen molar-refractivity contribution in [1.82, 2.24) is 15.5 Å². The van der Waals surface area contributed by atoms with Crippen molar-refractivity contribution < 1.29 is 9.47 Å². The van der Waals surface area contributed by atoms with E-state index in [0.717, 1.165) is 30.5 Å². The highest BCUT2D eigenvalue weighted by molar-refractivity contribution is 5.80. The summed E-state index contributed by atoms with van der Waals surface area (Å²) in [7, 11) is 3.47. The van der Waals surface area contributed by atoms with Gasteiger partial charge in [0.05, 0.1) is 13.7 Å². The van der Waals surface area contributed by atoms with Gasteiger partial charge in [-0.15, -0.1) is 0 Å².